The first-order chi connectivity index (χ1) is 14.8. The number of amides is 2. The normalized spacial score (nSPS) is 14.6. The molecule has 1 saturated heterocycles. The SMILES string of the molecule is CCOc1ccc(/C=C2\SC(=S)N(NC(=O)c3cccc([N+](=O)[O-])c3)C2=O)cc1OC. The van der Waals surface area contributed by atoms with Gasteiger partial charge in [-0.25, -0.2) is 0 Å². The number of thiocarbonyl (C=S) groups is 1. The van der Waals surface area contributed by atoms with Crippen LogP contribution in [0.25, 0.3) is 6.08 Å². The fourth-order valence-electron chi connectivity index (χ4n) is 2.69. The van der Waals surface area contributed by atoms with Crippen LogP contribution in [0.5, 0.6) is 11.5 Å². The van der Waals surface area contributed by atoms with Crippen molar-refractivity contribution < 1.29 is 24.0 Å². The Balaban J connectivity index is 1.78. The van der Waals surface area contributed by atoms with Gasteiger partial charge in [0.25, 0.3) is 17.5 Å². The van der Waals surface area contributed by atoms with Gasteiger partial charge in [0, 0.05) is 17.7 Å². The van der Waals surface area contributed by atoms with Crippen molar-refractivity contribution in [3.8, 4) is 11.5 Å². The van der Waals surface area contributed by atoms with Gasteiger partial charge in [-0.15, -0.1) is 0 Å². The van der Waals surface area contributed by atoms with Gasteiger partial charge in [0.05, 0.1) is 23.5 Å². The Kier molecular flexibility index (Phi) is 6.88. The molecule has 1 fully saturated rings. The lowest BCUT2D eigenvalue weighted by atomic mass is 10.2. The Hall–Kier alpha value is -3.44. The molecule has 160 valence electrons. The Morgan fingerprint density at radius 3 is 2.74 bits per heavy atom. The highest BCUT2D eigenvalue weighted by Crippen LogP contribution is 2.34. The van der Waals surface area contributed by atoms with Gasteiger partial charge in [-0.2, -0.15) is 5.01 Å². The Bertz CT molecular complexity index is 1100. The first kappa shape index (κ1) is 22.2. The van der Waals surface area contributed by atoms with Crippen LogP contribution >= 0.6 is 24.0 Å². The molecule has 3 rings (SSSR count). The number of carbonyl (C=O) groups excluding carboxylic acids is 2. The molecule has 0 saturated carbocycles. The van der Waals surface area contributed by atoms with Crippen molar-refractivity contribution in [2.75, 3.05) is 13.7 Å². The van der Waals surface area contributed by atoms with Gasteiger partial charge in [-0.3, -0.25) is 25.1 Å². The highest BCUT2D eigenvalue weighted by atomic mass is 32.2. The third-order valence-corrected chi connectivity index (χ3v) is 5.41. The number of ether oxygens (including phenoxy) is 2. The maximum Gasteiger partial charge on any atom is 0.285 e. The second-order valence-electron chi connectivity index (χ2n) is 6.11. The van der Waals surface area contributed by atoms with Crippen LogP contribution in [-0.4, -0.2) is 39.8 Å². The van der Waals surface area contributed by atoms with Crippen molar-refractivity contribution >= 4 is 51.9 Å². The molecule has 1 N–H and O–H groups in total. The van der Waals surface area contributed by atoms with Gasteiger partial charge in [0.1, 0.15) is 0 Å². The number of rotatable bonds is 7. The summed E-state index contributed by atoms with van der Waals surface area (Å²) in [5.74, 6) is -0.102. The Morgan fingerprint density at radius 1 is 1.29 bits per heavy atom. The molecule has 1 aliphatic heterocycles. The zero-order valence-corrected chi connectivity index (χ0v) is 18.1. The van der Waals surface area contributed by atoms with Crippen LogP contribution in [0.15, 0.2) is 47.4 Å². The van der Waals surface area contributed by atoms with E-state index in [0.29, 0.717) is 28.6 Å². The first-order valence-electron chi connectivity index (χ1n) is 8.98. The van der Waals surface area contributed by atoms with Crippen molar-refractivity contribution in [3.05, 3.63) is 68.6 Å². The predicted octanol–water partition coefficient (Wildman–Crippen LogP) is 3.55. The molecule has 11 heteroatoms. The predicted molar refractivity (Wildman–Crippen MR) is 120 cm³/mol. The number of nitrogens with zero attached hydrogens (tertiary/aromatic N) is 2. The molecular formula is C20H17N3O6S2. The van der Waals surface area contributed by atoms with Gasteiger partial charge in [0.15, 0.2) is 15.8 Å². The Morgan fingerprint density at radius 2 is 2.06 bits per heavy atom. The fourth-order valence-corrected chi connectivity index (χ4v) is 3.87. The van der Waals surface area contributed by atoms with E-state index in [2.05, 4.69) is 5.43 Å². The maximum atomic E-state index is 12.8. The van der Waals surface area contributed by atoms with Crippen LogP contribution in [0.3, 0.4) is 0 Å². The van der Waals surface area contributed by atoms with Crippen molar-refractivity contribution in [3.63, 3.8) is 0 Å². The van der Waals surface area contributed by atoms with Gasteiger partial charge in [-0.05, 0) is 49.0 Å². The number of methoxy groups -OCH3 is 1. The van der Waals surface area contributed by atoms with E-state index in [9.17, 15) is 19.7 Å². The maximum absolute atomic E-state index is 12.8. The third-order valence-electron chi connectivity index (χ3n) is 4.11. The smallest absolute Gasteiger partial charge is 0.285 e. The van der Waals surface area contributed by atoms with Crippen LogP contribution in [0.1, 0.15) is 22.8 Å². The summed E-state index contributed by atoms with van der Waals surface area (Å²) in [6.07, 6.45) is 1.62. The van der Waals surface area contributed by atoms with Gasteiger partial charge >= 0.3 is 0 Å². The van der Waals surface area contributed by atoms with Crippen LogP contribution < -0.4 is 14.9 Å². The number of nitro benzene ring substituents is 1. The average molecular weight is 460 g/mol. The number of thioether (sulfide) groups is 1. The number of nitro groups is 1. The lowest BCUT2D eigenvalue weighted by Gasteiger charge is -2.15. The van der Waals surface area contributed by atoms with Crippen molar-refractivity contribution in [1.29, 1.82) is 0 Å². The molecule has 9 nitrogen and oxygen atoms in total. The Labute approximate surface area is 187 Å². The fraction of sp³-hybridized carbons (Fsp3) is 0.150. The molecule has 1 aliphatic rings. The highest BCUT2D eigenvalue weighted by molar-refractivity contribution is 8.26. The summed E-state index contributed by atoms with van der Waals surface area (Å²) in [5.41, 5.74) is 2.88. The number of hydrogen-bond donors (Lipinski definition) is 1. The lowest BCUT2D eigenvalue weighted by Crippen LogP contribution is -2.44. The number of hydrogen-bond acceptors (Lipinski definition) is 8. The van der Waals surface area contributed by atoms with E-state index in [1.54, 1.807) is 24.3 Å². The topological polar surface area (TPSA) is 111 Å². The number of non-ortho nitro benzene ring substituents is 1. The summed E-state index contributed by atoms with van der Waals surface area (Å²) in [7, 11) is 1.52. The number of nitrogens with one attached hydrogen (secondary N) is 1. The molecule has 2 aromatic carbocycles. The van der Waals surface area contributed by atoms with Gasteiger partial charge in [-0.1, -0.05) is 23.9 Å². The summed E-state index contributed by atoms with van der Waals surface area (Å²) in [6.45, 7) is 2.35. The second-order valence-corrected chi connectivity index (χ2v) is 7.78. The minimum atomic E-state index is -0.691. The standard InChI is InChI=1S/C20H17N3O6S2/c1-3-29-15-8-7-12(9-16(15)28-2)10-17-19(25)22(20(30)31-17)21-18(24)13-5-4-6-14(11-13)23(26)27/h4-11H,3H2,1-2H3,(H,21,24)/b17-10-. The monoisotopic (exact) mass is 459 g/mol. The molecule has 0 aromatic heterocycles. The van der Waals surface area contributed by atoms with E-state index in [-0.39, 0.29) is 15.6 Å². The molecule has 0 spiro atoms. The van der Waals surface area contributed by atoms with E-state index in [0.717, 1.165) is 22.8 Å². The summed E-state index contributed by atoms with van der Waals surface area (Å²) in [5, 5.41) is 11.8. The lowest BCUT2D eigenvalue weighted by molar-refractivity contribution is -0.384. The van der Waals surface area contributed by atoms with Crippen molar-refractivity contribution in [2.24, 2.45) is 0 Å². The quantitative estimate of drug-likeness (QED) is 0.290. The molecule has 2 amide bonds. The molecule has 0 bridgehead atoms. The summed E-state index contributed by atoms with van der Waals surface area (Å²) in [4.78, 5) is 35.8. The van der Waals surface area contributed by atoms with Crippen molar-refractivity contribution in [2.45, 2.75) is 6.92 Å². The molecular weight excluding hydrogens is 442 g/mol. The largest absolute Gasteiger partial charge is 0.493 e. The first-order valence-corrected chi connectivity index (χ1v) is 10.2. The van der Waals surface area contributed by atoms with E-state index in [4.69, 9.17) is 21.7 Å². The molecule has 0 atom stereocenters. The summed E-state index contributed by atoms with van der Waals surface area (Å²) < 4.78 is 10.9. The summed E-state index contributed by atoms with van der Waals surface area (Å²) in [6, 6.07) is 10.4. The average Bonchev–Trinajstić information content (AvgIpc) is 3.02. The number of carbonyl (C=O) groups is 2. The second kappa shape index (κ2) is 9.58. The van der Waals surface area contributed by atoms with Crippen LogP contribution in [0.2, 0.25) is 0 Å². The third kappa shape index (κ3) is 5.01. The van der Waals surface area contributed by atoms with E-state index in [1.165, 1.54) is 25.3 Å². The van der Waals surface area contributed by atoms with Crippen LogP contribution in [0.4, 0.5) is 5.69 Å². The number of hydrazine groups is 1. The molecule has 1 heterocycles. The zero-order valence-electron chi connectivity index (χ0n) is 16.5. The van der Waals surface area contributed by atoms with Crippen LogP contribution in [0, 0.1) is 10.1 Å². The summed E-state index contributed by atoms with van der Waals surface area (Å²) >= 11 is 6.23. The van der Waals surface area contributed by atoms with E-state index < -0.39 is 16.7 Å². The number of benzene rings is 2. The molecule has 0 radical (unpaired) electrons. The highest BCUT2D eigenvalue weighted by Gasteiger charge is 2.34. The van der Waals surface area contributed by atoms with E-state index >= 15 is 0 Å². The molecule has 0 aliphatic carbocycles. The van der Waals surface area contributed by atoms with Gasteiger partial charge in [0.2, 0.25) is 0 Å². The zero-order chi connectivity index (χ0) is 22.5. The minimum absolute atomic E-state index is 0.0310. The van der Waals surface area contributed by atoms with Crippen molar-refractivity contribution in [1.82, 2.24) is 10.4 Å². The minimum Gasteiger partial charge on any atom is -0.493 e. The molecule has 2 aromatic rings. The molecule has 31 heavy (non-hydrogen) atoms. The van der Waals surface area contributed by atoms with Crippen LogP contribution in [-0.2, 0) is 4.79 Å². The van der Waals surface area contributed by atoms with Gasteiger partial charge < -0.3 is 9.47 Å². The molecule has 0 unspecified atom stereocenters. The van der Waals surface area contributed by atoms with E-state index in [1.807, 2.05) is 6.92 Å².